The predicted molar refractivity (Wildman–Crippen MR) is 82.4 cm³/mol. The third kappa shape index (κ3) is 3.83. The molecule has 0 aromatic heterocycles. The fourth-order valence-electron chi connectivity index (χ4n) is 3.00. The maximum atomic E-state index is 12.2. The van der Waals surface area contributed by atoms with E-state index in [1.807, 2.05) is 23.1 Å². The molecule has 1 saturated heterocycles. The molecule has 0 bridgehead atoms. The van der Waals surface area contributed by atoms with E-state index >= 15 is 0 Å². The number of hydrogen-bond acceptors (Lipinski definition) is 2. The molecule has 1 aromatic rings. The topological polar surface area (TPSA) is 46.3 Å². The van der Waals surface area contributed by atoms with Crippen molar-refractivity contribution in [1.29, 1.82) is 0 Å². The summed E-state index contributed by atoms with van der Waals surface area (Å²) in [7, 11) is 0. The van der Waals surface area contributed by atoms with E-state index in [1.165, 1.54) is 12.0 Å². The zero-order chi connectivity index (χ0) is 14.4. The van der Waals surface area contributed by atoms with Crippen LogP contribution in [-0.2, 0) is 4.79 Å². The van der Waals surface area contributed by atoms with Gasteiger partial charge in [0.15, 0.2) is 0 Å². The molecule has 1 aliphatic rings. The number of carbonyl (C=O) groups excluding carboxylic acids is 1. The van der Waals surface area contributed by atoms with Crippen molar-refractivity contribution in [1.82, 2.24) is 4.90 Å². The van der Waals surface area contributed by atoms with Crippen molar-refractivity contribution in [3.8, 4) is 0 Å². The van der Waals surface area contributed by atoms with Gasteiger partial charge in [0.2, 0.25) is 5.91 Å². The van der Waals surface area contributed by atoms with Gasteiger partial charge in [0.05, 0.1) is 0 Å². The van der Waals surface area contributed by atoms with Crippen molar-refractivity contribution in [2.24, 2.45) is 11.7 Å². The van der Waals surface area contributed by atoms with E-state index in [2.05, 4.69) is 19.1 Å². The number of rotatable bonds is 5. The Hall–Kier alpha value is -1.35. The molecule has 2 rings (SSSR count). The van der Waals surface area contributed by atoms with Gasteiger partial charge in [-0.1, -0.05) is 43.7 Å². The fourth-order valence-corrected chi connectivity index (χ4v) is 3.00. The molecule has 2 atom stereocenters. The first-order chi connectivity index (χ1) is 9.74. The summed E-state index contributed by atoms with van der Waals surface area (Å²) >= 11 is 0. The first-order valence-electron chi connectivity index (χ1n) is 7.77. The monoisotopic (exact) mass is 274 g/mol. The summed E-state index contributed by atoms with van der Waals surface area (Å²) in [5, 5.41) is 0. The van der Waals surface area contributed by atoms with Gasteiger partial charge in [-0.2, -0.15) is 0 Å². The molecule has 110 valence electrons. The van der Waals surface area contributed by atoms with Crippen molar-refractivity contribution >= 4 is 5.91 Å². The van der Waals surface area contributed by atoms with E-state index < -0.39 is 0 Å². The van der Waals surface area contributed by atoms with Crippen LogP contribution in [0.15, 0.2) is 30.3 Å². The molecule has 0 radical (unpaired) electrons. The third-order valence-corrected chi connectivity index (χ3v) is 4.50. The number of nitrogens with zero attached hydrogens (tertiary/aromatic N) is 1. The van der Waals surface area contributed by atoms with Crippen molar-refractivity contribution in [3.63, 3.8) is 0 Å². The summed E-state index contributed by atoms with van der Waals surface area (Å²) in [6.45, 7) is 4.46. The van der Waals surface area contributed by atoms with Gasteiger partial charge in [-0.05, 0) is 24.3 Å². The second-order valence-corrected chi connectivity index (χ2v) is 5.78. The molecule has 0 spiro atoms. The van der Waals surface area contributed by atoms with E-state index in [-0.39, 0.29) is 5.92 Å². The molecule has 1 amide bonds. The Labute approximate surface area is 122 Å². The van der Waals surface area contributed by atoms with Crippen molar-refractivity contribution < 1.29 is 4.79 Å². The van der Waals surface area contributed by atoms with E-state index in [0.717, 1.165) is 25.9 Å². The zero-order valence-corrected chi connectivity index (χ0v) is 12.4. The van der Waals surface area contributed by atoms with E-state index in [1.54, 1.807) is 0 Å². The Balaban J connectivity index is 2.01. The van der Waals surface area contributed by atoms with E-state index in [0.29, 0.717) is 24.8 Å². The van der Waals surface area contributed by atoms with Gasteiger partial charge < -0.3 is 10.6 Å². The van der Waals surface area contributed by atoms with Crippen LogP contribution in [0.25, 0.3) is 0 Å². The Bertz CT molecular complexity index is 418. The predicted octanol–water partition coefficient (Wildman–Crippen LogP) is 2.77. The lowest BCUT2D eigenvalue weighted by Gasteiger charge is -2.26. The number of benzene rings is 1. The molecular formula is C17H26N2O. The van der Waals surface area contributed by atoms with Crippen LogP contribution in [-0.4, -0.2) is 30.4 Å². The highest BCUT2D eigenvalue weighted by Gasteiger charge is 2.24. The second-order valence-electron chi connectivity index (χ2n) is 5.78. The summed E-state index contributed by atoms with van der Waals surface area (Å²) in [5.74, 6) is 1.26. The standard InChI is InChI=1S/C17H26N2O/c1-2-14-8-9-17(20)19(11-10-14)13-16(12-18)15-6-4-3-5-7-15/h3-7,14,16H,2,8-13,18H2,1H3. The Morgan fingerprint density at radius 2 is 2.05 bits per heavy atom. The highest BCUT2D eigenvalue weighted by atomic mass is 16.2. The van der Waals surface area contributed by atoms with Crippen LogP contribution in [0.5, 0.6) is 0 Å². The second kappa shape index (κ2) is 7.44. The van der Waals surface area contributed by atoms with Crippen molar-refractivity contribution in [2.75, 3.05) is 19.6 Å². The van der Waals surface area contributed by atoms with Crippen LogP contribution in [0.1, 0.15) is 44.1 Å². The average Bonchev–Trinajstić information content (AvgIpc) is 2.67. The fraction of sp³-hybridized carbons (Fsp3) is 0.588. The quantitative estimate of drug-likeness (QED) is 0.897. The summed E-state index contributed by atoms with van der Waals surface area (Å²) in [5.41, 5.74) is 7.16. The number of carbonyl (C=O) groups is 1. The third-order valence-electron chi connectivity index (χ3n) is 4.50. The van der Waals surface area contributed by atoms with Gasteiger partial charge >= 0.3 is 0 Å². The largest absolute Gasteiger partial charge is 0.342 e. The first-order valence-corrected chi connectivity index (χ1v) is 7.77. The maximum absolute atomic E-state index is 12.2. The minimum absolute atomic E-state index is 0.248. The number of amides is 1. The molecule has 3 nitrogen and oxygen atoms in total. The highest BCUT2D eigenvalue weighted by molar-refractivity contribution is 5.76. The van der Waals surface area contributed by atoms with Crippen molar-refractivity contribution in [2.45, 2.75) is 38.5 Å². The Kier molecular flexibility index (Phi) is 5.60. The molecule has 2 N–H and O–H groups in total. The first kappa shape index (κ1) is 15.0. The van der Waals surface area contributed by atoms with Crippen LogP contribution in [0.4, 0.5) is 0 Å². The lowest BCUT2D eigenvalue weighted by molar-refractivity contribution is -0.130. The number of likely N-dealkylation sites (tertiary alicyclic amines) is 1. The summed E-state index contributed by atoms with van der Waals surface area (Å²) in [6, 6.07) is 10.3. The summed E-state index contributed by atoms with van der Waals surface area (Å²) < 4.78 is 0. The van der Waals surface area contributed by atoms with Crippen LogP contribution < -0.4 is 5.73 Å². The lowest BCUT2D eigenvalue weighted by Crippen LogP contribution is -2.36. The van der Waals surface area contributed by atoms with Gasteiger partial charge in [-0.25, -0.2) is 0 Å². The number of hydrogen-bond donors (Lipinski definition) is 1. The minimum atomic E-state index is 0.248. The summed E-state index contributed by atoms with van der Waals surface area (Å²) in [6.07, 6.45) is 4.06. The highest BCUT2D eigenvalue weighted by Crippen LogP contribution is 2.23. The van der Waals surface area contributed by atoms with Crippen LogP contribution in [0.2, 0.25) is 0 Å². The lowest BCUT2D eigenvalue weighted by atomic mass is 9.98. The van der Waals surface area contributed by atoms with Gasteiger partial charge in [0, 0.05) is 32.0 Å². The van der Waals surface area contributed by atoms with Gasteiger partial charge in [-0.3, -0.25) is 4.79 Å². The van der Waals surface area contributed by atoms with Crippen LogP contribution in [0, 0.1) is 5.92 Å². The molecule has 2 unspecified atom stereocenters. The molecule has 1 fully saturated rings. The SMILES string of the molecule is CCC1CCC(=O)N(CC(CN)c2ccccc2)CC1. The minimum Gasteiger partial charge on any atom is -0.342 e. The van der Waals surface area contributed by atoms with E-state index in [4.69, 9.17) is 5.73 Å². The Morgan fingerprint density at radius 3 is 2.70 bits per heavy atom. The summed E-state index contributed by atoms with van der Waals surface area (Å²) in [4.78, 5) is 14.3. The van der Waals surface area contributed by atoms with Crippen LogP contribution >= 0.6 is 0 Å². The number of nitrogens with two attached hydrogens (primary N) is 1. The maximum Gasteiger partial charge on any atom is 0.222 e. The molecule has 1 aromatic carbocycles. The average molecular weight is 274 g/mol. The molecule has 20 heavy (non-hydrogen) atoms. The zero-order valence-electron chi connectivity index (χ0n) is 12.4. The molecule has 1 aliphatic heterocycles. The van der Waals surface area contributed by atoms with Gasteiger partial charge in [0.25, 0.3) is 0 Å². The molecule has 0 aliphatic carbocycles. The molecule has 3 heteroatoms. The molecule has 0 saturated carbocycles. The normalized spacial score (nSPS) is 21.6. The Morgan fingerprint density at radius 1 is 1.30 bits per heavy atom. The van der Waals surface area contributed by atoms with Gasteiger partial charge in [0.1, 0.15) is 0 Å². The van der Waals surface area contributed by atoms with E-state index in [9.17, 15) is 4.79 Å². The van der Waals surface area contributed by atoms with Crippen LogP contribution in [0.3, 0.4) is 0 Å². The van der Waals surface area contributed by atoms with Gasteiger partial charge in [-0.15, -0.1) is 0 Å². The van der Waals surface area contributed by atoms with Crippen molar-refractivity contribution in [3.05, 3.63) is 35.9 Å². The molecular weight excluding hydrogens is 248 g/mol. The molecule has 1 heterocycles. The smallest absolute Gasteiger partial charge is 0.222 e.